The van der Waals surface area contributed by atoms with Crippen molar-refractivity contribution >= 4 is 28.4 Å². The molecular formula is C24H24N4. The Morgan fingerprint density at radius 1 is 0.786 bits per heavy atom. The van der Waals surface area contributed by atoms with E-state index in [-0.39, 0.29) is 6.04 Å². The first-order valence-electron chi connectivity index (χ1n) is 9.53. The van der Waals surface area contributed by atoms with Gasteiger partial charge in [0.15, 0.2) is 0 Å². The van der Waals surface area contributed by atoms with Gasteiger partial charge in [-0.1, -0.05) is 54.6 Å². The molecule has 0 saturated carbocycles. The second-order valence-electron chi connectivity index (χ2n) is 7.06. The van der Waals surface area contributed by atoms with Gasteiger partial charge in [-0.25, -0.2) is 4.98 Å². The van der Waals surface area contributed by atoms with Gasteiger partial charge < -0.3 is 10.6 Å². The van der Waals surface area contributed by atoms with Crippen LogP contribution < -0.4 is 10.6 Å². The van der Waals surface area contributed by atoms with E-state index in [9.17, 15) is 0 Å². The fraction of sp³-hybridized carbons (Fsp3) is 0.167. The molecule has 4 rings (SSSR count). The standard InChI is InChI=1S/C24H24N4/c1-16-10-9-15-21(17(16)2)26-24-27-22-14-8-7-13-20(22)23(28-24)25-18(3)19-11-5-4-6-12-19/h4-15,18H,1-3H3,(H2,25,26,27,28). The maximum absolute atomic E-state index is 4.80. The highest BCUT2D eigenvalue weighted by molar-refractivity contribution is 5.90. The second kappa shape index (κ2) is 7.69. The summed E-state index contributed by atoms with van der Waals surface area (Å²) < 4.78 is 0. The van der Waals surface area contributed by atoms with E-state index in [1.807, 2.05) is 30.3 Å². The summed E-state index contributed by atoms with van der Waals surface area (Å²) in [4.78, 5) is 9.52. The molecule has 0 fully saturated rings. The third kappa shape index (κ3) is 3.67. The van der Waals surface area contributed by atoms with Gasteiger partial charge in [-0.05, 0) is 55.7 Å². The summed E-state index contributed by atoms with van der Waals surface area (Å²) in [5, 5.41) is 7.97. The molecule has 0 aliphatic carbocycles. The lowest BCUT2D eigenvalue weighted by Gasteiger charge is -2.18. The van der Waals surface area contributed by atoms with Crippen LogP contribution in [0.15, 0.2) is 72.8 Å². The molecule has 1 heterocycles. The van der Waals surface area contributed by atoms with Crippen LogP contribution in [0.5, 0.6) is 0 Å². The third-order valence-corrected chi connectivity index (χ3v) is 5.11. The Bertz CT molecular complexity index is 1110. The van der Waals surface area contributed by atoms with Gasteiger partial charge in [0, 0.05) is 17.1 Å². The molecule has 4 nitrogen and oxygen atoms in total. The zero-order chi connectivity index (χ0) is 19.5. The smallest absolute Gasteiger partial charge is 0.229 e. The molecule has 4 heteroatoms. The molecule has 0 spiro atoms. The van der Waals surface area contributed by atoms with Crippen molar-refractivity contribution in [3.63, 3.8) is 0 Å². The molecule has 3 aromatic carbocycles. The number of anilines is 3. The number of benzene rings is 3. The summed E-state index contributed by atoms with van der Waals surface area (Å²) in [7, 11) is 0. The van der Waals surface area contributed by atoms with Gasteiger partial charge in [-0.3, -0.25) is 0 Å². The Kier molecular flexibility index (Phi) is 4.94. The van der Waals surface area contributed by atoms with E-state index in [4.69, 9.17) is 9.97 Å². The monoisotopic (exact) mass is 368 g/mol. The van der Waals surface area contributed by atoms with Crippen molar-refractivity contribution in [3.8, 4) is 0 Å². The van der Waals surface area contributed by atoms with Gasteiger partial charge in [0.1, 0.15) is 5.82 Å². The molecule has 0 bridgehead atoms. The zero-order valence-electron chi connectivity index (χ0n) is 16.4. The number of hydrogen-bond donors (Lipinski definition) is 2. The minimum Gasteiger partial charge on any atom is -0.363 e. The highest BCUT2D eigenvalue weighted by Gasteiger charge is 2.12. The van der Waals surface area contributed by atoms with Crippen LogP contribution in [0.2, 0.25) is 0 Å². The Morgan fingerprint density at radius 2 is 1.54 bits per heavy atom. The van der Waals surface area contributed by atoms with Gasteiger partial charge in [0.25, 0.3) is 0 Å². The van der Waals surface area contributed by atoms with Crippen molar-refractivity contribution in [1.29, 1.82) is 0 Å². The molecule has 0 aliphatic rings. The van der Waals surface area contributed by atoms with E-state index in [0.29, 0.717) is 5.95 Å². The molecular weight excluding hydrogens is 344 g/mol. The first-order valence-corrected chi connectivity index (χ1v) is 9.53. The summed E-state index contributed by atoms with van der Waals surface area (Å²) in [6.45, 7) is 6.36. The molecule has 140 valence electrons. The quantitative estimate of drug-likeness (QED) is 0.443. The van der Waals surface area contributed by atoms with Gasteiger partial charge in [-0.2, -0.15) is 4.98 Å². The topological polar surface area (TPSA) is 49.8 Å². The Labute approximate surface area is 165 Å². The van der Waals surface area contributed by atoms with Crippen LogP contribution in [-0.4, -0.2) is 9.97 Å². The lowest BCUT2D eigenvalue weighted by molar-refractivity contribution is 0.876. The molecule has 0 saturated heterocycles. The Balaban J connectivity index is 1.72. The number of rotatable bonds is 5. The average molecular weight is 368 g/mol. The fourth-order valence-electron chi connectivity index (χ4n) is 3.28. The normalized spacial score (nSPS) is 12.0. The average Bonchev–Trinajstić information content (AvgIpc) is 2.72. The number of para-hydroxylation sites is 1. The molecule has 2 N–H and O–H groups in total. The van der Waals surface area contributed by atoms with Crippen molar-refractivity contribution in [2.75, 3.05) is 10.6 Å². The van der Waals surface area contributed by atoms with Crippen LogP contribution in [0.25, 0.3) is 10.9 Å². The Morgan fingerprint density at radius 3 is 2.36 bits per heavy atom. The van der Waals surface area contributed by atoms with Gasteiger partial charge >= 0.3 is 0 Å². The summed E-state index contributed by atoms with van der Waals surface area (Å²) in [6, 6.07) is 24.8. The molecule has 1 unspecified atom stereocenters. The van der Waals surface area contributed by atoms with Crippen molar-refractivity contribution in [3.05, 3.63) is 89.5 Å². The summed E-state index contributed by atoms with van der Waals surface area (Å²) in [5.74, 6) is 1.42. The van der Waals surface area contributed by atoms with Gasteiger partial charge in [0.05, 0.1) is 5.52 Å². The van der Waals surface area contributed by atoms with Crippen LogP contribution in [0.1, 0.15) is 29.7 Å². The van der Waals surface area contributed by atoms with E-state index in [1.165, 1.54) is 16.7 Å². The predicted octanol–water partition coefficient (Wildman–Crippen LogP) is 6.16. The highest BCUT2D eigenvalue weighted by Crippen LogP contribution is 2.28. The van der Waals surface area contributed by atoms with Gasteiger partial charge in [0.2, 0.25) is 5.95 Å². The molecule has 28 heavy (non-hydrogen) atoms. The molecule has 4 aromatic rings. The van der Waals surface area contributed by atoms with Crippen molar-refractivity contribution < 1.29 is 0 Å². The van der Waals surface area contributed by atoms with Gasteiger partial charge in [-0.15, -0.1) is 0 Å². The number of nitrogens with one attached hydrogen (secondary N) is 2. The van der Waals surface area contributed by atoms with E-state index >= 15 is 0 Å². The van der Waals surface area contributed by atoms with Crippen LogP contribution in [0, 0.1) is 13.8 Å². The summed E-state index contributed by atoms with van der Waals surface area (Å²) >= 11 is 0. The highest BCUT2D eigenvalue weighted by atomic mass is 15.2. The van der Waals surface area contributed by atoms with E-state index in [2.05, 4.69) is 73.9 Å². The second-order valence-corrected chi connectivity index (χ2v) is 7.06. The van der Waals surface area contributed by atoms with Crippen LogP contribution >= 0.6 is 0 Å². The number of hydrogen-bond acceptors (Lipinski definition) is 4. The fourth-order valence-corrected chi connectivity index (χ4v) is 3.28. The molecule has 0 aliphatic heterocycles. The lowest BCUT2D eigenvalue weighted by atomic mass is 10.1. The predicted molar refractivity (Wildman–Crippen MR) is 117 cm³/mol. The van der Waals surface area contributed by atoms with Crippen molar-refractivity contribution in [2.24, 2.45) is 0 Å². The number of fused-ring (bicyclic) bond motifs is 1. The van der Waals surface area contributed by atoms with Crippen molar-refractivity contribution in [1.82, 2.24) is 9.97 Å². The number of aromatic nitrogens is 2. The summed E-state index contributed by atoms with van der Waals surface area (Å²) in [5.41, 5.74) is 5.59. The maximum atomic E-state index is 4.80. The van der Waals surface area contributed by atoms with Crippen LogP contribution in [-0.2, 0) is 0 Å². The van der Waals surface area contributed by atoms with E-state index in [1.54, 1.807) is 0 Å². The van der Waals surface area contributed by atoms with E-state index in [0.717, 1.165) is 22.4 Å². The maximum Gasteiger partial charge on any atom is 0.229 e. The first kappa shape index (κ1) is 18.0. The Hall–Kier alpha value is -3.40. The number of aryl methyl sites for hydroxylation is 1. The number of nitrogens with zero attached hydrogens (tertiary/aromatic N) is 2. The minimum absolute atomic E-state index is 0.132. The third-order valence-electron chi connectivity index (χ3n) is 5.11. The summed E-state index contributed by atoms with van der Waals surface area (Å²) in [6.07, 6.45) is 0. The molecule has 1 aromatic heterocycles. The first-order chi connectivity index (χ1) is 13.6. The minimum atomic E-state index is 0.132. The van der Waals surface area contributed by atoms with E-state index < -0.39 is 0 Å². The van der Waals surface area contributed by atoms with Crippen LogP contribution in [0.4, 0.5) is 17.5 Å². The van der Waals surface area contributed by atoms with Crippen molar-refractivity contribution in [2.45, 2.75) is 26.8 Å². The lowest BCUT2D eigenvalue weighted by Crippen LogP contribution is -2.10. The SMILES string of the molecule is Cc1cccc(Nc2nc(NC(C)c3ccccc3)c3ccccc3n2)c1C. The zero-order valence-corrected chi connectivity index (χ0v) is 16.4. The molecule has 0 radical (unpaired) electrons. The van der Waals surface area contributed by atoms with Crippen LogP contribution in [0.3, 0.4) is 0 Å². The largest absolute Gasteiger partial charge is 0.363 e. The molecule has 1 atom stereocenters. The molecule has 0 amide bonds.